The minimum Gasteiger partial charge on any atom is -0.444 e. The third-order valence-corrected chi connectivity index (χ3v) is 6.21. The van der Waals surface area contributed by atoms with Crippen LogP contribution in [0.5, 0.6) is 0 Å². The molecule has 0 aliphatic heterocycles. The number of ether oxygens (including phenoxy) is 1. The third-order valence-electron chi connectivity index (χ3n) is 3.84. The molecule has 7 nitrogen and oxygen atoms in total. The maximum atomic E-state index is 13.0. The Bertz CT molecular complexity index is 1090. The van der Waals surface area contributed by atoms with Gasteiger partial charge < -0.3 is 14.1 Å². The predicted molar refractivity (Wildman–Crippen MR) is 109 cm³/mol. The van der Waals surface area contributed by atoms with Crippen LogP contribution in [-0.4, -0.2) is 36.0 Å². The van der Waals surface area contributed by atoms with Crippen molar-refractivity contribution in [3.63, 3.8) is 0 Å². The van der Waals surface area contributed by atoms with Gasteiger partial charge >= 0.3 is 16.1 Å². The number of halogens is 1. The van der Waals surface area contributed by atoms with Crippen LogP contribution in [-0.2, 0) is 21.3 Å². The van der Waals surface area contributed by atoms with Crippen molar-refractivity contribution in [3.8, 4) is 0 Å². The Kier molecular flexibility index (Phi) is 5.33. The molecule has 0 spiro atoms. The minimum absolute atomic E-state index is 0.156. The molecule has 0 atom stereocenters. The molecule has 3 rings (SSSR count). The van der Waals surface area contributed by atoms with Gasteiger partial charge in [-0.3, -0.25) is 0 Å². The van der Waals surface area contributed by atoms with Crippen molar-refractivity contribution >= 4 is 43.0 Å². The molecule has 9 heteroatoms. The van der Waals surface area contributed by atoms with Gasteiger partial charge in [-0.1, -0.05) is 18.2 Å². The lowest BCUT2D eigenvalue weighted by Crippen LogP contribution is -2.33. The fraction of sp³-hybridized carbons (Fsp3) is 0.316. The first-order chi connectivity index (χ1) is 13.0. The average molecular weight is 469 g/mol. The monoisotopic (exact) mass is 468 g/mol. The van der Waals surface area contributed by atoms with Crippen LogP contribution in [0.4, 0.5) is 4.79 Å². The van der Waals surface area contributed by atoms with Crippen molar-refractivity contribution < 1.29 is 22.4 Å². The number of benzene rings is 1. The highest BCUT2D eigenvalue weighted by Gasteiger charge is 2.25. The number of aromatic nitrogens is 1. The van der Waals surface area contributed by atoms with Gasteiger partial charge in [0.25, 0.3) is 0 Å². The highest BCUT2D eigenvalue weighted by molar-refractivity contribution is 9.10. The highest BCUT2D eigenvalue weighted by Crippen LogP contribution is 2.28. The van der Waals surface area contributed by atoms with Gasteiger partial charge in [0.15, 0.2) is 0 Å². The molecule has 2 aromatic heterocycles. The number of amides is 1. The zero-order valence-electron chi connectivity index (χ0n) is 16.0. The molecule has 0 saturated heterocycles. The summed E-state index contributed by atoms with van der Waals surface area (Å²) in [6, 6.07) is 10.2. The van der Waals surface area contributed by atoms with Crippen LogP contribution in [0.25, 0.3) is 11.0 Å². The van der Waals surface area contributed by atoms with E-state index in [1.807, 2.05) is 6.07 Å². The van der Waals surface area contributed by atoms with Gasteiger partial charge in [-0.25, -0.2) is 8.77 Å². The van der Waals surface area contributed by atoms with E-state index in [1.165, 1.54) is 17.2 Å². The van der Waals surface area contributed by atoms with Crippen molar-refractivity contribution in [1.82, 2.24) is 8.87 Å². The van der Waals surface area contributed by atoms with Gasteiger partial charge in [0, 0.05) is 24.7 Å². The van der Waals surface area contributed by atoms with Gasteiger partial charge in [0.2, 0.25) is 5.09 Å². The van der Waals surface area contributed by atoms with Crippen LogP contribution in [0.2, 0.25) is 0 Å². The molecule has 2 heterocycles. The molecule has 0 radical (unpaired) electrons. The lowest BCUT2D eigenvalue weighted by molar-refractivity contribution is 0.0285. The highest BCUT2D eigenvalue weighted by atomic mass is 79.9. The Balaban J connectivity index is 1.86. The smallest absolute Gasteiger partial charge is 0.410 e. The number of nitrogens with zero attached hydrogens (tertiary/aromatic N) is 2. The summed E-state index contributed by atoms with van der Waals surface area (Å²) in [7, 11) is -2.34. The normalized spacial score (nSPS) is 12.3. The number of para-hydroxylation sites is 1. The zero-order chi connectivity index (χ0) is 20.7. The maximum Gasteiger partial charge on any atom is 0.410 e. The number of fused-ring (bicyclic) bond motifs is 1. The van der Waals surface area contributed by atoms with E-state index < -0.39 is 21.7 Å². The Morgan fingerprint density at radius 1 is 1.25 bits per heavy atom. The molecule has 0 fully saturated rings. The number of carbonyl (C=O) groups excluding carboxylic acids is 1. The molecule has 3 aromatic rings. The van der Waals surface area contributed by atoms with Crippen LogP contribution in [0, 0.1) is 0 Å². The molecule has 28 heavy (non-hydrogen) atoms. The van der Waals surface area contributed by atoms with Crippen molar-refractivity contribution in [2.75, 3.05) is 7.05 Å². The molecule has 0 N–H and O–H groups in total. The molecule has 150 valence electrons. The van der Waals surface area contributed by atoms with Crippen LogP contribution in [0.15, 0.2) is 56.7 Å². The lowest BCUT2D eigenvalue weighted by Gasteiger charge is -2.24. The summed E-state index contributed by atoms with van der Waals surface area (Å²) in [6.45, 7) is 5.54. The van der Waals surface area contributed by atoms with Crippen LogP contribution in [0.3, 0.4) is 0 Å². The summed E-state index contributed by atoms with van der Waals surface area (Å²) >= 11 is 3.28. The number of rotatable bonds is 4. The third kappa shape index (κ3) is 4.25. The fourth-order valence-electron chi connectivity index (χ4n) is 2.60. The van der Waals surface area contributed by atoms with E-state index in [2.05, 4.69) is 15.9 Å². The molecular formula is C19H21BrN2O5S. The molecule has 0 aliphatic carbocycles. The fourth-order valence-corrected chi connectivity index (χ4v) is 4.79. The van der Waals surface area contributed by atoms with Crippen molar-refractivity contribution in [2.24, 2.45) is 0 Å². The summed E-state index contributed by atoms with van der Waals surface area (Å²) in [5.41, 5.74) is 0.511. The van der Waals surface area contributed by atoms with E-state index >= 15 is 0 Å². The molecular weight excluding hydrogens is 448 g/mol. The van der Waals surface area contributed by atoms with Crippen LogP contribution in [0.1, 0.15) is 26.3 Å². The van der Waals surface area contributed by atoms with Gasteiger partial charge in [-0.15, -0.1) is 0 Å². The summed E-state index contributed by atoms with van der Waals surface area (Å²) in [5.74, 6) is 0. The van der Waals surface area contributed by atoms with E-state index in [-0.39, 0.29) is 11.6 Å². The summed E-state index contributed by atoms with van der Waals surface area (Å²) in [5, 5.41) is 0.547. The Morgan fingerprint density at radius 3 is 2.57 bits per heavy atom. The summed E-state index contributed by atoms with van der Waals surface area (Å²) < 4.78 is 38.2. The van der Waals surface area contributed by atoms with E-state index in [0.29, 0.717) is 21.1 Å². The van der Waals surface area contributed by atoms with Crippen LogP contribution >= 0.6 is 15.9 Å². The lowest BCUT2D eigenvalue weighted by atomic mass is 10.2. The zero-order valence-corrected chi connectivity index (χ0v) is 18.4. The summed E-state index contributed by atoms with van der Waals surface area (Å²) in [6.07, 6.45) is 0.963. The Labute approximate surface area is 172 Å². The SMILES string of the molecule is CN(Cc1cc(Br)n(S(=O)(=O)c2cc3ccccc3o2)c1)C(=O)OC(C)(C)C. The predicted octanol–water partition coefficient (Wildman–Crippen LogP) is 4.60. The van der Waals surface area contributed by atoms with Gasteiger partial charge in [0.1, 0.15) is 15.8 Å². The first-order valence-electron chi connectivity index (χ1n) is 8.52. The van der Waals surface area contributed by atoms with Crippen LogP contribution < -0.4 is 0 Å². The van der Waals surface area contributed by atoms with E-state index in [4.69, 9.17) is 9.15 Å². The van der Waals surface area contributed by atoms with Gasteiger partial charge in [0.05, 0.1) is 6.54 Å². The molecule has 0 unspecified atom stereocenters. The van der Waals surface area contributed by atoms with Crippen molar-refractivity contribution in [1.29, 1.82) is 0 Å². The second-order valence-corrected chi connectivity index (χ2v) is 9.97. The quantitative estimate of drug-likeness (QED) is 0.558. The Morgan fingerprint density at radius 2 is 1.93 bits per heavy atom. The molecule has 1 amide bonds. The maximum absolute atomic E-state index is 13.0. The first kappa shape index (κ1) is 20.5. The number of carbonyl (C=O) groups is 1. The number of hydrogen-bond donors (Lipinski definition) is 0. The van der Waals surface area contributed by atoms with Crippen molar-refractivity contribution in [2.45, 2.75) is 38.0 Å². The largest absolute Gasteiger partial charge is 0.444 e. The van der Waals surface area contributed by atoms with Crippen molar-refractivity contribution in [3.05, 3.63) is 52.8 Å². The molecule has 0 bridgehead atoms. The minimum atomic E-state index is -3.93. The van der Waals surface area contributed by atoms with E-state index in [0.717, 1.165) is 3.97 Å². The van der Waals surface area contributed by atoms with Gasteiger partial charge in [-0.2, -0.15) is 8.42 Å². The Hall–Kier alpha value is -2.26. The first-order valence-corrected chi connectivity index (χ1v) is 10.8. The average Bonchev–Trinajstić information content (AvgIpc) is 3.17. The summed E-state index contributed by atoms with van der Waals surface area (Å²) in [4.78, 5) is 13.5. The van der Waals surface area contributed by atoms with Gasteiger partial charge in [-0.05, 0) is 54.4 Å². The second kappa shape index (κ2) is 7.29. The number of hydrogen-bond acceptors (Lipinski definition) is 5. The number of furan rings is 1. The molecule has 0 aliphatic rings. The topological polar surface area (TPSA) is 81.8 Å². The standard InChI is InChI=1S/C19H21BrN2O5S/c1-19(2,3)27-18(23)21(4)11-13-9-16(20)22(12-13)28(24,25)17-10-14-7-5-6-8-15(14)26-17/h5-10,12H,11H2,1-4H3. The molecule has 0 saturated carbocycles. The second-order valence-electron chi connectivity index (χ2n) is 7.41. The van der Waals surface area contributed by atoms with E-state index in [9.17, 15) is 13.2 Å². The van der Waals surface area contributed by atoms with E-state index in [1.54, 1.807) is 52.1 Å². The molecule has 1 aromatic carbocycles.